The molecule has 5 nitrogen and oxygen atoms in total. The normalized spacial score (nSPS) is 18.7. The van der Waals surface area contributed by atoms with Gasteiger partial charge in [0.15, 0.2) is 0 Å². The Hall–Kier alpha value is -2.51. The van der Waals surface area contributed by atoms with E-state index in [0.717, 1.165) is 56.1 Å². The fourth-order valence-corrected chi connectivity index (χ4v) is 5.92. The molecule has 0 spiro atoms. The van der Waals surface area contributed by atoms with Gasteiger partial charge in [-0.3, -0.25) is 9.69 Å². The van der Waals surface area contributed by atoms with Crippen molar-refractivity contribution in [2.45, 2.75) is 38.5 Å². The van der Waals surface area contributed by atoms with Crippen LogP contribution in [0, 0.1) is 5.82 Å². The minimum absolute atomic E-state index is 0.0458. The van der Waals surface area contributed by atoms with Crippen LogP contribution in [0.15, 0.2) is 36.4 Å². The summed E-state index contributed by atoms with van der Waals surface area (Å²) in [6.45, 7) is 9.04. The molecule has 1 amide bonds. The van der Waals surface area contributed by atoms with Crippen molar-refractivity contribution in [1.82, 2.24) is 9.27 Å². The third kappa shape index (κ3) is 4.24. The van der Waals surface area contributed by atoms with Crippen LogP contribution in [0.3, 0.4) is 0 Å². The van der Waals surface area contributed by atoms with Gasteiger partial charge >= 0.3 is 0 Å². The predicted octanol–water partition coefficient (Wildman–Crippen LogP) is 4.83. The molecule has 1 saturated heterocycles. The van der Waals surface area contributed by atoms with Gasteiger partial charge < -0.3 is 9.80 Å². The second-order valence-electron chi connectivity index (χ2n) is 9.91. The van der Waals surface area contributed by atoms with Gasteiger partial charge in [0.1, 0.15) is 11.6 Å². The molecule has 3 heterocycles. The van der Waals surface area contributed by atoms with Crippen LogP contribution in [-0.2, 0) is 16.6 Å². The number of carbonyl (C=O) groups excluding carboxylic acids is 1. The van der Waals surface area contributed by atoms with Crippen molar-refractivity contribution in [3.8, 4) is 0 Å². The van der Waals surface area contributed by atoms with E-state index < -0.39 is 0 Å². The van der Waals surface area contributed by atoms with Crippen molar-refractivity contribution in [3.63, 3.8) is 0 Å². The lowest BCUT2D eigenvalue weighted by atomic mass is 9.76. The van der Waals surface area contributed by atoms with E-state index in [1.165, 1.54) is 10.1 Å². The Balaban J connectivity index is 1.19. The molecular weight excluding hydrogens is 435 g/mol. The molecular formula is C26H31FN4OS. The third-order valence-electron chi connectivity index (χ3n) is 7.17. The van der Waals surface area contributed by atoms with Crippen LogP contribution in [0.2, 0.25) is 0 Å². The van der Waals surface area contributed by atoms with Crippen LogP contribution in [0.5, 0.6) is 0 Å². The van der Waals surface area contributed by atoms with Crippen molar-refractivity contribution in [1.29, 1.82) is 0 Å². The number of anilines is 2. The molecule has 0 bridgehead atoms. The number of hydrogen-bond acceptors (Lipinski definition) is 5. The standard InChI is InChI=1S/C26H31FN4OS/c1-26(2)17-24(32)29(3)22-16-21(27)18(15-20(22)26)7-6-10-30-11-13-31(14-12-30)25-19-8-4-5-9-23(19)33-28-25/h4-5,8-9,15-16H,6-7,10-14,17H2,1-3H3. The molecule has 2 aliphatic rings. The zero-order valence-electron chi connectivity index (χ0n) is 19.6. The molecule has 0 unspecified atom stereocenters. The molecule has 0 N–H and O–H groups in total. The second-order valence-corrected chi connectivity index (χ2v) is 10.7. The van der Waals surface area contributed by atoms with Gasteiger partial charge in [-0.05, 0) is 60.2 Å². The number of hydrogen-bond donors (Lipinski definition) is 0. The summed E-state index contributed by atoms with van der Waals surface area (Å²) in [5, 5.41) is 1.24. The van der Waals surface area contributed by atoms with Crippen LogP contribution in [-0.4, -0.2) is 55.0 Å². The van der Waals surface area contributed by atoms with Crippen LogP contribution < -0.4 is 9.80 Å². The van der Waals surface area contributed by atoms with Crippen LogP contribution >= 0.6 is 11.5 Å². The number of piperazine rings is 1. The number of aromatic nitrogens is 1. The van der Waals surface area contributed by atoms with Crippen LogP contribution in [0.1, 0.15) is 37.8 Å². The van der Waals surface area contributed by atoms with Crippen molar-refractivity contribution in [2.24, 2.45) is 0 Å². The molecule has 5 rings (SSSR count). The van der Waals surface area contributed by atoms with Crippen molar-refractivity contribution in [2.75, 3.05) is 49.6 Å². The molecule has 0 atom stereocenters. The Bertz CT molecular complexity index is 1180. The average molecular weight is 467 g/mol. The first kappa shape index (κ1) is 22.3. The Labute approximate surface area is 199 Å². The first-order valence-corrected chi connectivity index (χ1v) is 12.5. The smallest absolute Gasteiger partial charge is 0.227 e. The van der Waals surface area contributed by atoms with Crippen molar-refractivity contribution < 1.29 is 9.18 Å². The van der Waals surface area contributed by atoms with E-state index in [1.807, 2.05) is 6.07 Å². The van der Waals surface area contributed by atoms with Gasteiger partial charge in [0.2, 0.25) is 5.91 Å². The lowest BCUT2D eigenvalue weighted by Crippen LogP contribution is -2.46. The molecule has 2 aromatic carbocycles. The summed E-state index contributed by atoms with van der Waals surface area (Å²) in [5.74, 6) is 0.952. The van der Waals surface area contributed by atoms with Gasteiger partial charge in [-0.2, -0.15) is 4.37 Å². The second kappa shape index (κ2) is 8.69. The fourth-order valence-electron chi connectivity index (χ4n) is 5.12. The number of benzene rings is 2. The minimum atomic E-state index is -0.266. The van der Waals surface area contributed by atoms with Crippen molar-refractivity contribution >= 4 is 39.0 Å². The molecule has 0 saturated carbocycles. The third-order valence-corrected chi connectivity index (χ3v) is 7.99. The molecule has 0 radical (unpaired) electrons. The van der Waals surface area contributed by atoms with Gasteiger partial charge in [0, 0.05) is 56.1 Å². The topological polar surface area (TPSA) is 39.7 Å². The highest BCUT2D eigenvalue weighted by atomic mass is 32.1. The van der Waals surface area contributed by atoms with E-state index in [9.17, 15) is 9.18 Å². The predicted molar refractivity (Wildman–Crippen MR) is 134 cm³/mol. The summed E-state index contributed by atoms with van der Waals surface area (Å²) in [5.41, 5.74) is 2.28. The number of carbonyl (C=O) groups is 1. The number of amides is 1. The number of halogens is 1. The average Bonchev–Trinajstić information content (AvgIpc) is 3.23. The Morgan fingerprint density at radius 3 is 2.67 bits per heavy atom. The van der Waals surface area contributed by atoms with E-state index >= 15 is 0 Å². The van der Waals surface area contributed by atoms with Crippen LogP contribution in [0.25, 0.3) is 10.1 Å². The summed E-state index contributed by atoms with van der Waals surface area (Å²) in [4.78, 5) is 18.7. The first-order chi connectivity index (χ1) is 15.8. The summed E-state index contributed by atoms with van der Waals surface area (Å²) >= 11 is 1.57. The quantitative estimate of drug-likeness (QED) is 0.540. The fraction of sp³-hybridized carbons (Fsp3) is 0.462. The zero-order chi connectivity index (χ0) is 23.2. The summed E-state index contributed by atoms with van der Waals surface area (Å²) in [7, 11) is 1.74. The lowest BCUT2D eigenvalue weighted by Gasteiger charge is -2.37. The minimum Gasteiger partial charge on any atom is -0.353 e. The summed E-state index contributed by atoms with van der Waals surface area (Å²) < 4.78 is 20.8. The maximum atomic E-state index is 14.9. The van der Waals surface area contributed by atoms with Crippen molar-refractivity contribution in [3.05, 3.63) is 53.3 Å². The highest BCUT2D eigenvalue weighted by Crippen LogP contribution is 2.41. The number of aryl methyl sites for hydroxylation is 1. The molecule has 33 heavy (non-hydrogen) atoms. The van der Waals surface area contributed by atoms with E-state index in [2.05, 4.69) is 47.9 Å². The monoisotopic (exact) mass is 466 g/mol. The number of nitrogens with zero attached hydrogens (tertiary/aromatic N) is 4. The van der Waals surface area contributed by atoms with Gasteiger partial charge in [-0.1, -0.05) is 32.0 Å². The van der Waals surface area contributed by atoms with Crippen LogP contribution in [0.4, 0.5) is 15.9 Å². The molecule has 174 valence electrons. The molecule has 2 aliphatic heterocycles. The SMILES string of the molecule is CN1C(=O)CC(C)(C)c2cc(CCCN3CCN(c4nsc5ccccc45)CC3)c(F)cc21. The molecule has 3 aromatic rings. The van der Waals surface area contributed by atoms with E-state index in [0.29, 0.717) is 18.5 Å². The van der Waals surface area contributed by atoms with E-state index in [4.69, 9.17) is 4.37 Å². The van der Waals surface area contributed by atoms with E-state index in [1.54, 1.807) is 29.5 Å². The molecule has 1 aromatic heterocycles. The largest absolute Gasteiger partial charge is 0.353 e. The van der Waals surface area contributed by atoms with E-state index in [-0.39, 0.29) is 17.1 Å². The van der Waals surface area contributed by atoms with Gasteiger partial charge in [0.05, 0.1) is 4.70 Å². The maximum absolute atomic E-state index is 14.9. The highest BCUT2D eigenvalue weighted by molar-refractivity contribution is 7.13. The number of fused-ring (bicyclic) bond motifs is 2. The lowest BCUT2D eigenvalue weighted by molar-refractivity contribution is -0.119. The summed E-state index contributed by atoms with van der Waals surface area (Å²) in [6, 6.07) is 12.0. The zero-order valence-corrected chi connectivity index (χ0v) is 20.4. The van der Waals surface area contributed by atoms with Gasteiger partial charge in [0.25, 0.3) is 0 Å². The highest BCUT2D eigenvalue weighted by Gasteiger charge is 2.36. The Kier molecular flexibility index (Phi) is 5.87. The maximum Gasteiger partial charge on any atom is 0.227 e. The number of rotatable bonds is 5. The Morgan fingerprint density at radius 2 is 1.88 bits per heavy atom. The molecule has 0 aliphatic carbocycles. The first-order valence-electron chi connectivity index (χ1n) is 11.7. The Morgan fingerprint density at radius 1 is 1.12 bits per heavy atom. The molecule has 7 heteroatoms. The van der Waals surface area contributed by atoms with Gasteiger partial charge in [-0.25, -0.2) is 4.39 Å². The summed E-state index contributed by atoms with van der Waals surface area (Å²) in [6.07, 6.45) is 2.09. The molecule has 1 fully saturated rings. The van der Waals surface area contributed by atoms with Gasteiger partial charge in [-0.15, -0.1) is 0 Å².